The Morgan fingerprint density at radius 3 is 2.50 bits per heavy atom. The highest BCUT2D eigenvalue weighted by atomic mass is 19.4. The molecule has 1 aromatic carbocycles. The van der Waals surface area contributed by atoms with Gasteiger partial charge in [-0.3, -0.25) is 9.59 Å². The molecule has 9 heteroatoms. The van der Waals surface area contributed by atoms with Crippen molar-refractivity contribution < 1.29 is 27.5 Å². The van der Waals surface area contributed by atoms with Gasteiger partial charge in [0.15, 0.2) is 0 Å². The maximum atomic E-state index is 13.1. The Hall–Kier alpha value is -3.36. The molecular weight excluding hydrogens is 447 g/mol. The Morgan fingerprint density at radius 1 is 1.15 bits per heavy atom. The van der Waals surface area contributed by atoms with Crippen LogP contribution in [0.2, 0.25) is 0 Å². The highest BCUT2D eigenvalue weighted by Gasteiger charge is 2.55. The molecule has 1 spiro atoms. The fraction of sp³-hybridized carbons (Fsp3) is 0.400. The van der Waals surface area contributed by atoms with E-state index in [2.05, 4.69) is 10.4 Å². The van der Waals surface area contributed by atoms with E-state index in [0.717, 1.165) is 43.4 Å². The third-order valence-electron chi connectivity index (χ3n) is 7.13. The first-order chi connectivity index (χ1) is 16.2. The second-order valence-electron chi connectivity index (χ2n) is 9.46. The zero-order valence-corrected chi connectivity index (χ0v) is 18.6. The number of esters is 1. The SMILES string of the molecule is COC(=O)C1CC2(CC(NC(=O)c3cnn4cccc(Cc5ccc(C(F)(F)F)cc5)c34)C2)C1. The number of rotatable bonds is 5. The van der Waals surface area contributed by atoms with E-state index in [0.29, 0.717) is 23.1 Å². The molecule has 2 heterocycles. The van der Waals surface area contributed by atoms with Crippen molar-refractivity contribution in [3.8, 4) is 0 Å². The lowest BCUT2D eigenvalue weighted by Gasteiger charge is -2.56. The molecule has 2 aliphatic carbocycles. The molecule has 0 saturated heterocycles. The average Bonchev–Trinajstić information content (AvgIpc) is 3.19. The van der Waals surface area contributed by atoms with Gasteiger partial charge in [-0.1, -0.05) is 18.2 Å². The van der Waals surface area contributed by atoms with Crippen molar-refractivity contribution in [2.24, 2.45) is 11.3 Å². The Morgan fingerprint density at radius 2 is 1.85 bits per heavy atom. The number of carbonyl (C=O) groups is 2. The van der Waals surface area contributed by atoms with Crippen LogP contribution in [0, 0.1) is 11.3 Å². The summed E-state index contributed by atoms with van der Waals surface area (Å²) in [5.41, 5.74) is 2.02. The minimum absolute atomic E-state index is 0.0333. The normalized spacial score (nSPS) is 23.9. The topological polar surface area (TPSA) is 72.7 Å². The fourth-order valence-electron chi connectivity index (χ4n) is 5.46. The Bertz CT molecular complexity index is 1240. The largest absolute Gasteiger partial charge is 0.469 e. The van der Waals surface area contributed by atoms with E-state index in [9.17, 15) is 22.8 Å². The highest BCUT2D eigenvalue weighted by Crippen LogP contribution is 2.59. The molecule has 2 aromatic heterocycles. The van der Waals surface area contributed by atoms with Crippen molar-refractivity contribution in [2.45, 2.75) is 44.3 Å². The number of nitrogens with one attached hydrogen (secondary N) is 1. The molecule has 178 valence electrons. The monoisotopic (exact) mass is 471 g/mol. The van der Waals surface area contributed by atoms with E-state index in [1.807, 2.05) is 6.07 Å². The predicted octanol–water partition coefficient (Wildman–Crippen LogP) is 4.41. The number of halogens is 3. The van der Waals surface area contributed by atoms with Crippen molar-refractivity contribution in [1.29, 1.82) is 0 Å². The minimum Gasteiger partial charge on any atom is -0.469 e. The molecule has 0 aliphatic heterocycles. The lowest BCUT2D eigenvalue weighted by Crippen LogP contribution is -2.57. The minimum atomic E-state index is -4.38. The van der Waals surface area contributed by atoms with Crippen LogP contribution in [0.3, 0.4) is 0 Å². The van der Waals surface area contributed by atoms with Gasteiger partial charge in [-0.2, -0.15) is 18.3 Å². The molecule has 0 bridgehead atoms. The van der Waals surface area contributed by atoms with Crippen LogP contribution in [0.4, 0.5) is 13.2 Å². The molecule has 5 rings (SSSR count). The number of benzene rings is 1. The summed E-state index contributed by atoms with van der Waals surface area (Å²) >= 11 is 0. The Labute approximate surface area is 194 Å². The summed E-state index contributed by atoms with van der Waals surface area (Å²) in [5.74, 6) is -0.419. The Balaban J connectivity index is 1.28. The van der Waals surface area contributed by atoms with Gasteiger partial charge in [-0.05, 0) is 66.8 Å². The first kappa shape index (κ1) is 22.4. The van der Waals surface area contributed by atoms with Gasteiger partial charge < -0.3 is 10.1 Å². The van der Waals surface area contributed by atoms with Crippen LogP contribution >= 0.6 is 0 Å². The van der Waals surface area contributed by atoms with Crippen molar-refractivity contribution in [2.75, 3.05) is 7.11 Å². The van der Waals surface area contributed by atoms with Crippen molar-refractivity contribution >= 4 is 17.4 Å². The number of pyridine rings is 1. The molecule has 1 N–H and O–H groups in total. The van der Waals surface area contributed by atoms with E-state index in [-0.39, 0.29) is 29.3 Å². The van der Waals surface area contributed by atoms with Crippen LogP contribution < -0.4 is 5.32 Å². The number of fused-ring (bicyclic) bond motifs is 1. The second-order valence-corrected chi connectivity index (χ2v) is 9.46. The van der Waals surface area contributed by atoms with Gasteiger partial charge in [-0.15, -0.1) is 0 Å². The lowest BCUT2D eigenvalue weighted by molar-refractivity contribution is -0.159. The van der Waals surface area contributed by atoms with Crippen LogP contribution in [0.5, 0.6) is 0 Å². The van der Waals surface area contributed by atoms with Gasteiger partial charge in [0.2, 0.25) is 0 Å². The number of aromatic nitrogens is 2. The number of amides is 1. The molecule has 0 atom stereocenters. The van der Waals surface area contributed by atoms with Crippen LogP contribution in [-0.2, 0) is 22.1 Å². The van der Waals surface area contributed by atoms with Crippen LogP contribution in [0.15, 0.2) is 48.8 Å². The number of hydrogen-bond acceptors (Lipinski definition) is 4. The second kappa shape index (κ2) is 8.14. The van der Waals surface area contributed by atoms with Gasteiger partial charge >= 0.3 is 12.1 Å². The summed E-state index contributed by atoms with van der Waals surface area (Å²) in [6.45, 7) is 0. The molecule has 6 nitrogen and oxygen atoms in total. The van der Waals surface area contributed by atoms with Gasteiger partial charge in [0.05, 0.1) is 35.9 Å². The molecule has 0 radical (unpaired) electrons. The first-order valence-electron chi connectivity index (χ1n) is 11.2. The maximum absolute atomic E-state index is 13.1. The molecule has 2 saturated carbocycles. The smallest absolute Gasteiger partial charge is 0.416 e. The fourth-order valence-corrected chi connectivity index (χ4v) is 5.46. The van der Waals surface area contributed by atoms with E-state index in [1.165, 1.54) is 25.4 Å². The summed E-state index contributed by atoms with van der Waals surface area (Å²) in [5, 5.41) is 7.36. The van der Waals surface area contributed by atoms with Crippen LogP contribution in [-0.4, -0.2) is 34.6 Å². The summed E-state index contributed by atoms with van der Waals surface area (Å²) in [4.78, 5) is 24.7. The van der Waals surface area contributed by atoms with Gasteiger partial charge in [0, 0.05) is 12.2 Å². The first-order valence-corrected chi connectivity index (χ1v) is 11.2. The van der Waals surface area contributed by atoms with Crippen molar-refractivity contribution in [3.63, 3.8) is 0 Å². The summed E-state index contributed by atoms with van der Waals surface area (Å²) in [6.07, 6.45) is 2.53. The zero-order valence-electron chi connectivity index (χ0n) is 18.6. The number of hydrogen-bond donors (Lipinski definition) is 1. The number of alkyl halides is 3. The Kier molecular flexibility index (Phi) is 5.37. The van der Waals surface area contributed by atoms with Gasteiger partial charge in [-0.25, -0.2) is 4.52 Å². The van der Waals surface area contributed by atoms with Crippen molar-refractivity contribution in [3.05, 3.63) is 71.0 Å². The van der Waals surface area contributed by atoms with E-state index < -0.39 is 11.7 Å². The zero-order chi connectivity index (χ0) is 24.1. The lowest BCUT2D eigenvalue weighted by atomic mass is 9.50. The van der Waals surface area contributed by atoms with Gasteiger partial charge in [0.1, 0.15) is 0 Å². The predicted molar refractivity (Wildman–Crippen MR) is 117 cm³/mol. The molecule has 3 aromatic rings. The molecule has 0 unspecified atom stereocenters. The number of methoxy groups -OCH3 is 1. The summed E-state index contributed by atoms with van der Waals surface area (Å²) in [6, 6.07) is 8.74. The summed E-state index contributed by atoms with van der Waals surface area (Å²) < 4.78 is 45.0. The average molecular weight is 471 g/mol. The number of nitrogens with zero attached hydrogens (tertiary/aromatic N) is 2. The third-order valence-corrected chi connectivity index (χ3v) is 7.13. The van der Waals surface area contributed by atoms with E-state index in [4.69, 9.17) is 4.74 Å². The van der Waals surface area contributed by atoms with E-state index in [1.54, 1.807) is 16.8 Å². The van der Waals surface area contributed by atoms with Crippen molar-refractivity contribution in [1.82, 2.24) is 14.9 Å². The summed E-state index contributed by atoms with van der Waals surface area (Å²) in [7, 11) is 1.40. The number of ether oxygens (including phenoxy) is 1. The molecule has 1 amide bonds. The molecule has 2 fully saturated rings. The van der Waals surface area contributed by atoms with Crippen LogP contribution in [0.1, 0.15) is 52.7 Å². The molecule has 34 heavy (non-hydrogen) atoms. The highest BCUT2D eigenvalue weighted by molar-refractivity contribution is 6.01. The van der Waals surface area contributed by atoms with Crippen LogP contribution in [0.25, 0.3) is 5.52 Å². The number of carbonyl (C=O) groups excluding carboxylic acids is 2. The quantitative estimate of drug-likeness (QED) is 0.560. The molecular formula is C25H24F3N3O3. The van der Waals surface area contributed by atoms with Gasteiger partial charge in [0.25, 0.3) is 5.91 Å². The molecule has 2 aliphatic rings. The third kappa shape index (κ3) is 4.03. The maximum Gasteiger partial charge on any atom is 0.416 e. The standard InChI is InChI=1S/C25H24F3N3O3/c1-34-23(33)17-10-24(11-17)12-19(13-24)30-22(32)20-14-29-31-8-2-3-16(21(20)31)9-15-4-6-18(7-5-15)25(26,27)28/h2-8,14,17,19H,9-13H2,1H3,(H,30,32). The van der Waals surface area contributed by atoms with E-state index >= 15 is 0 Å².